The number of alkyl halides is 5. The van der Waals surface area contributed by atoms with Crippen LogP contribution in [0.3, 0.4) is 0 Å². The Kier molecular flexibility index (Phi) is 8.49. The number of amides is 2. The second-order valence-electron chi connectivity index (χ2n) is 10.6. The number of hydrogen-bond donors (Lipinski definition) is 1. The van der Waals surface area contributed by atoms with Gasteiger partial charge in [0.05, 0.1) is 22.9 Å². The molecule has 1 aliphatic carbocycles. The monoisotopic (exact) mass is 667 g/mol. The third kappa shape index (κ3) is 6.57. The van der Waals surface area contributed by atoms with Crippen LogP contribution in [-0.4, -0.2) is 49.0 Å². The van der Waals surface area contributed by atoms with E-state index >= 15 is 0 Å². The summed E-state index contributed by atoms with van der Waals surface area (Å²) in [7, 11) is -4.23. The van der Waals surface area contributed by atoms with E-state index in [1.807, 2.05) is 6.07 Å². The molecule has 9 nitrogen and oxygen atoms in total. The van der Waals surface area contributed by atoms with Crippen molar-refractivity contribution in [3.05, 3.63) is 88.6 Å². The minimum Gasteiger partial charge on any atom is -0.351 e. The average Bonchev–Trinajstić information content (AvgIpc) is 3.29. The van der Waals surface area contributed by atoms with E-state index in [2.05, 4.69) is 10.3 Å². The van der Waals surface area contributed by atoms with Crippen LogP contribution >= 0.6 is 11.6 Å². The van der Waals surface area contributed by atoms with Gasteiger partial charge in [-0.2, -0.15) is 18.4 Å². The molecule has 2 atom stereocenters. The molecule has 1 aromatic heterocycles. The lowest BCUT2D eigenvalue weighted by molar-refractivity contribution is -0.137. The molecule has 2 fully saturated rings. The summed E-state index contributed by atoms with van der Waals surface area (Å²) in [5.74, 6) is -6.01. The lowest BCUT2D eigenvalue weighted by Gasteiger charge is -2.39. The van der Waals surface area contributed by atoms with Crippen LogP contribution in [0, 0.1) is 11.3 Å². The van der Waals surface area contributed by atoms with Crippen molar-refractivity contribution in [2.24, 2.45) is 0 Å². The van der Waals surface area contributed by atoms with E-state index in [0.717, 1.165) is 30.5 Å². The number of carbonyl (C=O) groups excluding carboxylic acids is 2. The van der Waals surface area contributed by atoms with Gasteiger partial charge in [-0.05, 0) is 42.8 Å². The molecule has 2 aliphatic rings. The molecule has 1 unspecified atom stereocenters. The predicted octanol–water partition coefficient (Wildman–Crippen LogP) is 5.22. The SMILES string of the molecule is N#Cc1ccnc(N2[C@H](C(=O)N(c3cccc(C(F)(F)F)c3)C(C(=O)NC3CC(F)(F)C3)c3ccccc3Cl)CCS2(=O)=O)c1. The number of nitrogens with zero attached hydrogens (tertiary/aromatic N) is 4. The number of benzene rings is 2. The Morgan fingerprint density at radius 1 is 1.11 bits per heavy atom. The molecule has 1 saturated heterocycles. The standard InChI is InChI=1S/C29H23ClF5N5O4S/c30-22-7-2-1-6-21(22)25(26(41)38-19-14-28(31,32)15-19)39(20-5-3-4-18(13-20)29(33,34)35)27(42)23-9-11-45(43,44)40(23)24-12-17(16-36)8-10-37-24/h1-8,10,12-13,19,23,25H,9,11,14-15H2,(H,38,41)/t23-,25?/m0/s1. The van der Waals surface area contributed by atoms with Gasteiger partial charge in [0, 0.05) is 41.4 Å². The van der Waals surface area contributed by atoms with Gasteiger partial charge < -0.3 is 5.32 Å². The molecule has 2 amide bonds. The van der Waals surface area contributed by atoms with Gasteiger partial charge in [-0.3, -0.25) is 14.5 Å². The van der Waals surface area contributed by atoms with Crippen LogP contribution in [0.25, 0.3) is 0 Å². The Bertz CT molecular complexity index is 1790. The van der Waals surface area contributed by atoms with Gasteiger partial charge in [-0.25, -0.2) is 26.5 Å². The number of hydrogen-bond acceptors (Lipinski definition) is 6. The summed E-state index contributed by atoms with van der Waals surface area (Å²) in [5.41, 5.74) is -1.63. The third-order valence-corrected chi connectivity index (χ3v) is 9.59. The molecule has 2 heterocycles. The van der Waals surface area contributed by atoms with Crippen molar-refractivity contribution in [3.63, 3.8) is 0 Å². The van der Waals surface area contributed by atoms with E-state index in [1.165, 1.54) is 30.3 Å². The lowest BCUT2D eigenvalue weighted by atomic mass is 9.87. The molecule has 236 valence electrons. The second-order valence-corrected chi connectivity index (χ2v) is 13.0. The highest BCUT2D eigenvalue weighted by Crippen LogP contribution is 2.41. The smallest absolute Gasteiger partial charge is 0.351 e. The van der Waals surface area contributed by atoms with Crippen molar-refractivity contribution in [3.8, 4) is 6.07 Å². The molecule has 0 spiro atoms. The molecule has 1 saturated carbocycles. The molecule has 2 aromatic carbocycles. The van der Waals surface area contributed by atoms with Gasteiger partial charge in [0.1, 0.15) is 17.9 Å². The van der Waals surface area contributed by atoms with Crippen molar-refractivity contribution < 1.29 is 40.0 Å². The zero-order valence-corrected chi connectivity index (χ0v) is 24.6. The Hall–Kier alpha value is -4.29. The Labute approximate surface area is 259 Å². The summed E-state index contributed by atoms with van der Waals surface area (Å²) in [6, 6.07) is 9.02. The summed E-state index contributed by atoms with van der Waals surface area (Å²) in [4.78, 5) is 33.1. The van der Waals surface area contributed by atoms with Crippen molar-refractivity contribution in [2.45, 2.75) is 49.5 Å². The largest absolute Gasteiger partial charge is 0.416 e. The number of carbonyl (C=O) groups is 2. The molecular formula is C29H23ClF5N5O4S. The molecular weight excluding hydrogens is 645 g/mol. The van der Waals surface area contributed by atoms with E-state index in [1.54, 1.807) is 0 Å². The molecule has 0 radical (unpaired) electrons. The predicted molar refractivity (Wildman–Crippen MR) is 153 cm³/mol. The first-order valence-corrected chi connectivity index (χ1v) is 15.4. The number of nitrogens with one attached hydrogen (secondary N) is 1. The first-order chi connectivity index (χ1) is 21.1. The van der Waals surface area contributed by atoms with Crippen LogP contribution in [0.4, 0.5) is 33.5 Å². The van der Waals surface area contributed by atoms with Gasteiger partial charge in [0.2, 0.25) is 15.9 Å². The van der Waals surface area contributed by atoms with Gasteiger partial charge in [-0.15, -0.1) is 0 Å². The fraction of sp³-hybridized carbons (Fsp3) is 0.310. The molecule has 45 heavy (non-hydrogen) atoms. The fourth-order valence-corrected chi connectivity index (χ4v) is 7.26. The van der Waals surface area contributed by atoms with Crippen LogP contribution < -0.4 is 14.5 Å². The maximum atomic E-state index is 14.5. The number of halogens is 6. The highest BCUT2D eigenvalue weighted by molar-refractivity contribution is 7.93. The number of aromatic nitrogens is 1. The Morgan fingerprint density at radius 2 is 1.82 bits per heavy atom. The van der Waals surface area contributed by atoms with Crippen molar-refractivity contribution in [2.75, 3.05) is 15.0 Å². The molecule has 3 aromatic rings. The van der Waals surface area contributed by atoms with Crippen LogP contribution in [-0.2, 0) is 25.8 Å². The van der Waals surface area contributed by atoms with Crippen molar-refractivity contribution in [1.29, 1.82) is 5.26 Å². The fourth-order valence-electron chi connectivity index (χ4n) is 5.34. The molecule has 5 rings (SSSR count). The number of pyridine rings is 1. The first-order valence-electron chi connectivity index (χ1n) is 13.4. The second kappa shape index (κ2) is 11.9. The van der Waals surface area contributed by atoms with Gasteiger partial charge in [0.15, 0.2) is 0 Å². The van der Waals surface area contributed by atoms with Gasteiger partial charge in [-0.1, -0.05) is 35.9 Å². The molecule has 16 heteroatoms. The Morgan fingerprint density at radius 3 is 2.47 bits per heavy atom. The molecule has 0 bridgehead atoms. The van der Waals surface area contributed by atoms with E-state index in [4.69, 9.17) is 11.6 Å². The zero-order chi connectivity index (χ0) is 32.7. The summed E-state index contributed by atoms with van der Waals surface area (Å²) < 4.78 is 95.9. The summed E-state index contributed by atoms with van der Waals surface area (Å²) in [5, 5.41) is 11.7. The van der Waals surface area contributed by atoms with Crippen LogP contribution in [0.15, 0.2) is 66.9 Å². The number of sulfonamides is 1. The number of rotatable bonds is 7. The third-order valence-electron chi connectivity index (χ3n) is 7.45. The van der Waals surface area contributed by atoms with Crippen molar-refractivity contribution in [1.82, 2.24) is 10.3 Å². The zero-order valence-electron chi connectivity index (χ0n) is 23.0. The quantitative estimate of drug-likeness (QED) is 0.345. The van der Waals surface area contributed by atoms with Gasteiger partial charge in [0.25, 0.3) is 11.8 Å². The summed E-state index contributed by atoms with van der Waals surface area (Å²) >= 11 is 6.43. The highest BCUT2D eigenvalue weighted by Gasteiger charge is 2.50. The average molecular weight is 668 g/mol. The van der Waals surface area contributed by atoms with E-state index in [-0.39, 0.29) is 28.4 Å². The summed E-state index contributed by atoms with van der Waals surface area (Å²) in [6.45, 7) is 0. The minimum atomic E-state index is -4.87. The Balaban J connectivity index is 1.68. The molecule has 1 aliphatic heterocycles. The van der Waals surface area contributed by atoms with Crippen LogP contribution in [0.2, 0.25) is 5.02 Å². The normalized spacial score (nSPS) is 19.7. The number of nitriles is 1. The van der Waals surface area contributed by atoms with E-state index in [0.29, 0.717) is 15.3 Å². The maximum Gasteiger partial charge on any atom is 0.416 e. The lowest BCUT2D eigenvalue weighted by Crippen LogP contribution is -2.56. The topological polar surface area (TPSA) is 123 Å². The van der Waals surface area contributed by atoms with Crippen molar-refractivity contribution >= 4 is 44.9 Å². The highest BCUT2D eigenvalue weighted by atomic mass is 35.5. The van der Waals surface area contributed by atoms with Crippen LogP contribution in [0.1, 0.15) is 42.0 Å². The number of anilines is 2. The van der Waals surface area contributed by atoms with Crippen LogP contribution in [0.5, 0.6) is 0 Å². The van der Waals surface area contributed by atoms with Gasteiger partial charge >= 0.3 is 6.18 Å². The summed E-state index contributed by atoms with van der Waals surface area (Å²) in [6.07, 6.45) is -5.44. The van der Waals surface area contributed by atoms with E-state index < -0.39 is 81.9 Å². The maximum absolute atomic E-state index is 14.5. The molecule has 1 N–H and O–H groups in total. The minimum absolute atomic E-state index is 0.0219. The first kappa shape index (κ1) is 32.1. The van der Waals surface area contributed by atoms with E-state index in [9.17, 15) is 45.2 Å².